The number of carbonyl (C=O) groups excluding carboxylic acids is 1. The Kier molecular flexibility index (Phi) is 2.55. The van der Waals surface area contributed by atoms with Crippen molar-refractivity contribution in [3.05, 3.63) is 11.9 Å². The van der Waals surface area contributed by atoms with Gasteiger partial charge in [0.2, 0.25) is 5.95 Å². The second kappa shape index (κ2) is 3.47. The minimum absolute atomic E-state index is 0.0449. The summed E-state index contributed by atoms with van der Waals surface area (Å²) in [6.45, 7) is 0. The molecule has 1 N–H and O–H groups in total. The first-order chi connectivity index (χ1) is 6.07. The molecule has 13 heavy (non-hydrogen) atoms. The molecule has 5 nitrogen and oxygen atoms in total. The van der Waals surface area contributed by atoms with Gasteiger partial charge in [-0.3, -0.25) is 4.79 Å². The van der Waals surface area contributed by atoms with Crippen LogP contribution in [-0.4, -0.2) is 41.5 Å². The number of rotatable bonds is 2. The Morgan fingerprint density at radius 1 is 1.62 bits per heavy atom. The van der Waals surface area contributed by atoms with Crippen molar-refractivity contribution in [3.63, 3.8) is 0 Å². The van der Waals surface area contributed by atoms with Crippen molar-refractivity contribution in [1.82, 2.24) is 14.5 Å². The third kappa shape index (κ3) is 1.63. The van der Waals surface area contributed by atoms with Crippen LogP contribution in [0.4, 0.5) is 5.95 Å². The maximum atomic E-state index is 11.5. The Balaban J connectivity index is 3.02. The van der Waals surface area contributed by atoms with Gasteiger partial charge in [0.05, 0.1) is 6.20 Å². The fraction of sp³-hybridized carbons (Fsp3) is 0.500. The molecule has 72 valence electrons. The first kappa shape index (κ1) is 9.57. The number of imidazole rings is 1. The monoisotopic (exact) mass is 182 g/mol. The highest BCUT2D eigenvalue weighted by molar-refractivity contribution is 5.92. The second-order valence-electron chi connectivity index (χ2n) is 2.98. The highest BCUT2D eigenvalue weighted by atomic mass is 16.2. The fourth-order valence-electron chi connectivity index (χ4n) is 1.07. The van der Waals surface area contributed by atoms with Crippen LogP contribution in [-0.2, 0) is 7.05 Å². The molecule has 0 aliphatic heterocycles. The molecule has 0 saturated heterocycles. The lowest BCUT2D eigenvalue weighted by Crippen LogP contribution is -2.24. The van der Waals surface area contributed by atoms with E-state index in [9.17, 15) is 4.79 Å². The summed E-state index contributed by atoms with van der Waals surface area (Å²) >= 11 is 0. The topological polar surface area (TPSA) is 50.2 Å². The number of anilines is 1. The smallest absolute Gasteiger partial charge is 0.271 e. The molecule has 1 heterocycles. The molecule has 0 aliphatic rings. The lowest BCUT2D eigenvalue weighted by molar-refractivity contribution is 0.0818. The highest BCUT2D eigenvalue weighted by Gasteiger charge is 2.14. The SMILES string of the molecule is CNc1ncc(C(=O)N(C)C)n1C. The standard InChI is InChI=1S/C8H14N4O/c1-9-8-10-5-6(12(8)4)7(13)11(2)3/h5H,1-4H3,(H,9,10). The molecule has 0 unspecified atom stereocenters. The molecule has 1 rings (SSSR count). The maximum absolute atomic E-state index is 11.5. The molecular formula is C8H14N4O. The lowest BCUT2D eigenvalue weighted by atomic mass is 10.4. The summed E-state index contributed by atoms with van der Waals surface area (Å²) in [5.74, 6) is 0.640. The van der Waals surface area contributed by atoms with E-state index in [1.165, 1.54) is 4.90 Å². The molecule has 1 amide bonds. The minimum Gasteiger partial charge on any atom is -0.359 e. The van der Waals surface area contributed by atoms with Crippen molar-refractivity contribution in [2.75, 3.05) is 26.5 Å². The van der Waals surface area contributed by atoms with Crippen LogP contribution in [0.25, 0.3) is 0 Å². The average molecular weight is 182 g/mol. The molecule has 1 aromatic rings. The van der Waals surface area contributed by atoms with Crippen molar-refractivity contribution in [2.24, 2.45) is 7.05 Å². The van der Waals surface area contributed by atoms with Crippen molar-refractivity contribution in [3.8, 4) is 0 Å². The van der Waals surface area contributed by atoms with E-state index in [-0.39, 0.29) is 5.91 Å². The fourth-order valence-corrected chi connectivity index (χ4v) is 1.07. The van der Waals surface area contributed by atoms with Gasteiger partial charge in [0.1, 0.15) is 5.69 Å². The van der Waals surface area contributed by atoms with Gasteiger partial charge < -0.3 is 14.8 Å². The maximum Gasteiger partial charge on any atom is 0.271 e. The lowest BCUT2D eigenvalue weighted by Gasteiger charge is -2.10. The van der Waals surface area contributed by atoms with Gasteiger partial charge in [-0.1, -0.05) is 0 Å². The quantitative estimate of drug-likeness (QED) is 0.709. The minimum atomic E-state index is -0.0449. The van der Waals surface area contributed by atoms with Crippen LogP contribution in [0, 0.1) is 0 Å². The van der Waals surface area contributed by atoms with Crippen molar-refractivity contribution < 1.29 is 4.79 Å². The van der Waals surface area contributed by atoms with Crippen LogP contribution >= 0.6 is 0 Å². The summed E-state index contributed by atoms with van der Waals surface area (Å²) in [5, 5.41) is 2.89. The normalized spacial score (nSPS) is 9.85. The predicted octanol–water partition coefficient (Wildman–Crippen LogP) is 0.164. The molecule has 0 atom stereocenters. The van der Waals surface area contributed by atoms with E-state index >= 15 is 0 Å². The number of hydrogen-bond donors (Lipinski definition) is 1. The van der Waals surface area contributed by atoms with Crippen LogP contribution in [0.1, 0.15) is 10.5 Å². The molecule has 0 aliphatic carbocycles. The van der Waals surface area contributed by atoms with Gasteiger partial charge in [-0.05, 0) is 0 Å². The van der Waals surface area contributed by atoms with E-state index in [1.54, 1.807) is 39.0 Å². The highest BCUT2D eigenvalue weighted by Crippen LogP contribution is 2.08. The van der Waals surface area contributed by atoms with Crippen LogP contribution in [0.15, 0.2) is 6.20 Å². The number of amides is 1. The van der Waals surface area contributed by atoms with Crippen LogP contribution in [0.2, 0.25) is 0 Å². The molecule has 1 aromatic heterocycles. The summed E-state index contributed by atoms with van der Waals surface area (Å²) in [6, 6.07) is 0. The summed E-state index contributed by atoms with van der Waals surface area (Å²) in [6.07, 6.45) is 1.56. The molecule has 0 spiro atoms. The average Bonchev–Trinajstić information content (AvgIpc) is 2.45. The zero-order valence-electron chi connectivity index (χ0n) is 8.33. The predicted molar refractivity (Wildman–Crippen MR) is 50.8 cm³/mol. The molecule has 0 fully saturated rings. The number of aromatic nitrogens is 2. The Morgan fingerprint density at radius 2 is 2.23 bits per heavy atom. The van der Waals surface area contributed by atoms with Crippen LogP contribution in [0.3, 0.4) is 0 Å². The number of carbonyl (C=O) groups is 1. The van der Waals surface area contributed by atoms with Crippen molar-refractivity contribution in [1.29, 1.82) is 0 Å². The summed E-state index contributed by atoms with van der Waals surface area (Å²) in [5.41, 5.74) is 0.578. The van der Waals surface area contributed by atoms with E-state index in [0.717, 1.165) is 0 Å². The molecule has 0 radical (unpaired) electrons. The third-order valence-corrected chi connectivity index (χ3v) is 1.84. The third-order valence-electron chi connectivity index (χ3n) is 1.84. The van der Waals surface area contributed by atoms with E-state index in [0.29, 0.717) is 11.6 Å². The van der Waals surface area contributed by atoms with Gasteiger partial charge in [0.25, 0.3) is 5.91 Å². The molecule has 0 aromatic carbocycles. The molecule has 5 heteroatoms. The largest absolute Gasteiger partial charge is 0.359 e. The van der Waals surface area contributed by atoms with E-state index < -0.39 is 0 Å². The summed E-state index contributed by atoms with van der Waals surface area (Å²) < 4.78 is 1.72. The number of nitrogens with zero attached hydrogens (tertiary/aromatic N) is 3. The molecule has 0 saturated carbocycles. The van der Waals surface area contributed by atoms with Gasteiger partial charge in [-0.25, -0.2) is 4.98 Å². The Hall–Kier alpha value is -1.52. The van der Waals surface area contributed by atoms with Crippen LogP contribution in [0.5, 0.6) is 0 Å². The summed E-state index contributed by atoms with van der Waals surface area (Å²) in [4.78, 5) is 17.1. The molecule has 0 bridgehead atoms. The van der Waals surface area contributed by atoms with Gasteiger partial charge in [0, 0.05) is 28.2 Å². The van der Waals surface area contributed by atoms with E-state index in [2.05, 4.69) is 10.3 Å². The first-order valence-corrected chi connectivity index (χ1v) is 3.99. The Bertz CT molecular complexity index is 316. The molecular weight excluding hydrogens is 168 g/mol. The van der Waals surface area contributed by atoms with Crippen LogP contribution < -0.4 is 5.32 Å². The summed E-state index contributed by atoms with van der Waals surface area (Å²) in [7, 11) is 7.00. The number of nitrogens with one attached hydrogen (secondary N) is 1. The van der Waals surface area contributed by atoms with Gasteiger partial charge >= 0.3 is 0 Å². The van der Waals surface area contributed by atoms with E-state index in [1.807, 2.05) is 0 Å². The Labute approximate surface area is 77.4 Å². The second-order valence-corrected chi connectivity index (χ2v) is 2.98. The van der Waals surface area contributed by atoms with Gasteiger partial charge in [-0.15, -0.1) is 0 Å². The van der Waals surface area contributed by atoms with Crippen molar-refractivity contribution >= 4 is 11.9 Å². The van der Waals surface area contributed by atoms with Gasteiger partial charge in [0.15, 0.2) is 0 Å². The number of hydrogen-bond acceptors (Lipinski definition) is 3. The zero-order valence-corrected chi connectivity index (χ0v) is 8.33. The van der Waals surface area contributed by atoms with Gasteiger partial charge in [-0.2, -0.15) is 0 Å². The first-order valence-electron chi connectivity index (χ1n) is 3.99. The van der Waals surface area contributed by atoms with E-state index in [4.69, 9.17) is 0 Å². The zero-order chi connectivity index (χ0) is 10.0. The Morgan fingerprint density at radius 3 is 2.62 bits per heavy atom. The van der Waals surface area contributed by atoms with Crippen molar-refractivity contribution in [2.45, 2.75) is 0 Å².